The first-order valence-electron chi connectivity index (χ1n) is 8.37. The molecule has 1 atom stereocenters. The molecule has 0 aromatic carbocycles. The van der Waals surface area contributed by atoms with Crippen LogP contribution in [0.5, 0.6) is 0 Å². The number of amides is 1. The van der Waals surface area contributed by atoms with Gasteiger partial charge in [0.2, 0.25) is 0 Å². The molecule has 6 heteroatoms. The fraction of sp³-hybridized carbons (Fsp3) is 0.647. The van der Waals surface area contributed by atoms with Crippen LogP contribution >= 0.6 is 0 Å². The van der Waals surface area contributed by atoms with Crippen molar-refractivity contribution in [2.75, 3.05) is 33.3 Å². The van der Waals surface area contributed by atoms with Gasteiger partial charge < -0.3 is 14.2 Å². The van der Waals surface area contributed by atoms with Gasteiger partial charge in [0, 0.05) is 44.5 Å². The van der Waals surface area contributed by atoms with Gasteiger partial charge in [0.1, 0.15) is 5.69 Å². The van der Waals surface area contributed by atoms with Crippen molar-refractivity contribution >= 4 is 11.9 Å². The molecule has 1 saturated carbocycles. The van der Waals surface area contributed by atoms with Crippen molar-refractivity contribution in [3.8, 4) is 0 Å². The predicted molar refractivity (Wildman–Crippen MR) is 86.3 cm³/mol. The lowest BCUT2D eigenvalue weighted by atomic mass is 10.1. The van der Waals surface area contributed by atoms with Gasteiger partial charge in [0.05, 0.1) is 13.5 Å². The van der Waals surface area contributed by atoms with Crippen LogP contribution in [0.4, 0.5) is 0 Å². The van der Waals surface area contributed by atoms with E-state index in [9.17, 15) is 9.59 Å². The third kappa shape index (κ3) is 3.58. The average molecular weight is 319 g/mol. The molecule has 1 aliphatic carbocycles. The van der Waals surface area contributed by atoms with E-state index < -0.39 is 0 Å². The van der Waals surface area contributed by atoms with E-state index in [1.54, 1.807) is 0 Å². The van der Waals surface area contributed by atoms with Crippen molar-refractivity contribution < 1.29 is 14.3 Å². The second-order valence-electron chi connectivity index (χ2n) is 6.49. The number of aromatic nitrogens is 1. The number of nitrogens with zero attached hydrogens (tertiary/aromatic N) is 3. The van der Waals surface area contributed by atoms with Crippen LogP contribution in [0, 0.1) is 0 Å². The van der Waals surface area contributed by atoms with E-state index in [0.29, 0.717) is 25.6 Å². The Hall–Kier alpha value is -1.82. The highest BCUT2D eigenvalue weighted by atomic mass is 16.5. The maximum atomic E-state index is 12.7. The van der Waals surface area contributed by atoms with Crippen LogP contribution in [-0.4, -0.2) is 65.6 Å². The number of piperazine rings is 1. The molecule has 1 unspecified atom stereocenters. The van der Waals surface area contributed by atoms with Crippen molar-refractivity contribution in [2.45, 2.75) is 38.3 Å². The molecule has 0 radical (unpaired) electrons. The first-order chi connectivity index (χ1) is 11.1. The number of ether oxygens (including phenoxy) is 1. The molecule has 23 heavy (non-hydrogen) atoms. The molecular weight excluding hydrogens is 294 g/mol. The lowest BCUT2D eigenvalue weighted by Gasteiger charge is -2.37. The molecule has 0 bridgehead atoms. The third-order valence-corrected chi connectivity index (χ3v) is 4.85. The quantitative estimate of drug-likeness (QED) is 0.773. The summed E-state index contributed by atoms with van der Waals surface area (Å²) in [4.78, 5) is 28.3. The normalized spacial score (nSPS) is 20.3. The Bertz CT molecular complexity index is 571. The van der Waals surface area contributed by atoms with E-state index in [1.807, 2.05) is 30.2 Å². The molecule has 2 aliphatic rings. The molecule has 6 nitrogen and oxygen atoms in total. The van der Waals surface area contributed by atoms with Gasteiger partial charge in [-0.15, -0.1) is 0 Å². The minimum absolute atomic E-state index is 0.127. The standard InChI is InChI=1S/C17H25N3O3/c1-13(12-16(21)23-2)18-8-10-19(11-9-18)17(22)15-4-3-7-20(15)14-5-6-14/h3-4,7,13-14H,5-6,8-12H2,1-2H3. The van der Waals surface area contributed by atoms with E-state index in [0.717, 1.165) is 18.8 Å². The molecule has 1 aromatic heterocycles. The predicted octanol–water partition coefficient (Wildman–Crippen LogP) is 1.53. The van der Waals surface area contributed by atoms with Gasteiger partial charge >= 0.3 is 5.97 Å². The largest absolute Gasteiger partial charge is 0.469 e. The maximum absolute atomic E-state index is 12.7. The molecule has 0 spiro atoms. The summed E-state index contributed by atoms with van der Waals surface area (Å²) < 4.78 is 6.85. The molecular formula is C17H25N3O3. The summed E-state index contributed by atoms with van der Waals surface area (Å²) in [5, 5.41) is 0. The van der Waals surface area contributed by atoms with E-state index in [2.05, 4.69) is 9.47 Å². The smallest absolute Gasteiger partial charge is 0.307 e. The molecule has 1 saturated heterocycles. The van der Waals surface area contributed by atoms with Crippen molar-refractivity contribution in [3.63, 3.8) is 0 Å². The highest BCUT2D eigenvalue weighted by Crippen LogP contribution is 2.36. The van der Waals surface area contributed by atoms with Gasteiger partial charge in [-0.1, -0.05) is 0 Å². The van der Waals surface area contributed by atoms with Gasteiger partial charge in [0.15, 0.2) is 0 Å². The van der Waals surface area contributed by atoms with Gasteiger partial charge in [-0.3, -0.25) is 14.5 Å². The monoisotopic (exact) mass is 319 g/mol. The average Bonchev–Trinajstić information content (AvgIpc) is 3.31. The molecule has 1 aliphatic heterocycles. The summed E-state index contributed by atoms with van der Waals surface area (Å²) in [5.41, 5.74) is 0.809. The Morgan fingerprint density at radius 2 is 1.96 bits per heavy atom. The molecule has 1 amide bonds. The summed E-state index contributed by atoms with van der Waals surface area (Å²) in [7, 11) is 1.42. The Balaban J connectivity index is 1.55. The van der Waals surface area contributed by atoms with Gasteiger partial charge in [0.25, 0.3) is 5.91 Å². The second kappa shape index (κ2) is 6.74. The molecule has 3 rings (SSSR count). The van der Waals surface area contributed by atoms with Crippen molar-refractivity contribution in [3.05, 3.63) is 24.0 Å². The van der Waals surface area contributed by atoms with Gasteiger partial charge in [-0.2, -0.15) is 0 Å². The highest BCUT2D eigenvalue weighted by molar-refractivity contribution is 5.93. The fourth-order valence-electron chi connectivity index (χ4n) is 3.23. The zero-order valence-corrected chi connectivity index (χ0v) is 13.9. The number of carbonyl (C=O) groups excluding carboxylic acids is 2. The van der Waals surface area contributed by atoms with Crippen LogP contribution < -0.4 is 0 Å². The summed E-state index contributed by atoms with van der Waals surface area (Å²) in [6.07, 6.45) is 4.76. The Kier molecular flexibility index (Phi) is 4.71. The zero-order valence-electron chi connectivity index (χ0n) is 13.9. The van der Waals surface area contributed by atoms with E-state index in [1.165, 1.54) is 20.0 Å². The fourth-order valence-corrected chi connectivity index (χ4v) is 3.23. The number of esters is 1. The molecule has 126 valence electrons. The van der Waals surface area contributed by atoms with Crippen molar-refractivity contribution in [1.82, 2.24) is 14.4 Å². The van der Waals surface area contributed by atoms with E-state index >= 15 is 0 Å². The van der Waals surface area contributed by atoms with Crippen molar-refractivity contribution in [2.24, 2.45) is 0 Å². The minimum Gasteiger partial charge on any atom is -0.469 e. The number of methoxy groups -OCH3 is 1. The minimum atomic E-state index is -0.182. The second-order valence-corrected chi connectivity index (χ2v) is 6.49. The third-order valence-electron chi connectivity index (χ3n) is 4.85. The molecule has 1 aromatic rings. The molecule has 2 heterocycles. The Morgan fingerprint density at radius 1 is 1.26 bits per heavy atom. The number of hydrogen-bond donors (Lipinski definition) is 0. The lowest BCUT2D eigenvalue weighted by molar-refractivity contribution is -0.142. The first kappa shape index (κ1) is 16.1. The summed E-state index contributed by atoms with van der Waals surface area (Å²) >= 11 is 0. The summed E-state index contributed by atoms with van der Waals surface area (Å²) in [6.45, 7) is 5.05. The first-order valence-corrected chi connectivity index (χ1v) is 8.37. The Morgan fingerprint density at radius 3 is 2.57 bits per heavy atom. The van der Waals surface area contributed by atoms with Crippen LogP contribution in [0.3, 0.4) is 0 Å². The highest BCUT2D eigenvalue weighted by Gasteiger charge is 2.30. The van der Waals surface area contributed by atoms with Crippen molar-refractivity contribution in [1.29, 1.82) is 0 Å². The SMILES string of the molecule is COC(=O)CC(C)N1CCN(C(=O)c2cccn2C2CC2)CC1. The van der Waals surface area contributed by atoms with Crippen LogP contribution in [0.15, 0.2) is 18.3 Å². The van der Waals surface area contributed by atoms with Crippen LogP contribution in [0.1, 0.15) is 42.7 Å². The number of carbonyl (C=O) groups is 2. The summed E-state index contributed by atoms with van der Waals surface area (Å²) in [5.74, 6) is -0.0552. The maximum Gasteiger partial charge on any atom is 0.307 e. The Labute approximate surface area is 137 Å². The summed E-state index contributed by atoms with van der Waals surface area (Å²) in [6, 6.07) is 4.55. The van der Waals surface area contributed by atoms with Crippen LogP contribution in [-0.2, 0) is 9.53 Å². The molecule has 2 fully saturated rings. The topological polar surface area (TPSA) is 54.8 Å². The van der Waals surface area contributed by atoms with Gasteiger partial charge in [-0.25, -0.2) is 0 Å². The lowest BCUT2D eigenvalue weighted by Crippen LogP contribution is -2.52. The molecule has 0 N–H and O–H groups in total. The number of hydrogen-bond acceptors (Lipinski definition) is 4. The van der Waals surface area contributed by atoms with Gasteiger partial charge in [-0.05, 0) is 31.9 Å². The van der Waals surface area contributed by atoms with Crippen LogP contribution in [0.2, 0.25) is 0 Å². The van der Waals surface area contributed by atoms with E-state index in [-0.39, 0.29) is 17.9 Å². The van der Waals surface area contributed by atoms with E-state index in [4.69, 9.17) is 4.74 Å². The zero-order chi connectivity index (χ0) is 16.4. The number of rotatable bonds is 5. The van der Waals surface area contributed by atoms with Crippen LogP contribution in [0.25, 0.3) is 0 Å².